The van der Waals surface area contributed by atoms with Gasteiger partial charge in [0.1, 0.15) is 0 Å². The lowest BCUT2D eigenvalue weighted by molar-refractivity contribution is -0.139. The van der Waals surface area contributed by atoms with E-state index in [2.05, 4.69) is 21.4 Å². The molecule has 140 valence electrons. The Kier molecular flexibility index (Phi) is 6.40. The summed E-state index contributed by atoms with van der Waals surface area (Å²) in [6.45, 7) is 5.94. The second kappa shape index (κ2) is 8.95. The first-order valence-electron chi connectivity index (χ1n) is 8.96. The number of likely N-dealkylation sites (N-methyl/N-ethyl adjacent to an activating group) is 1. The zero-order valence-corrected chi connectivity index (χ0v) is 15.8. The molecule has 0 aromatic carbocycles. The average Bonchev–Trinajstić information content (AvgIpc) is 3.32. The van der Waals surface area contributed by atoms with Crippen LogP contribution in [0.3, 0.4) is 0 Å². The highest BCUT2D eigenvalue weighted by Crippen LogP contribution is 2.18. The number of carbonyl (C=O) groups is 2. The Bertz CT molecular complexity index is 701. The van der Waals surface area contributed by atoms with Gasteiger partial charge >= 0.3 is 0 Å². The molecule has 0 spiro atoms. The lowest BCUT2D eigenvalue weighted by Crippen LogP contribution is -2.56. The van der Waals surface area contributed by atoms with Crippen LogP contribution in [0.1, 0.15) is 18.2 Å². The van der Waals surface area contributed by atoms with Crippen molar-refractivity contribution in [1.29, 1.82) is 0 Å². The fourth-order valence-corrected chi connectivity index (χ4v) is 3.91. The fourth-order valence-electron chi connectivity index (χ4n) is 3.19. The topological polar surface area (TPSA) is 70.5 Å². The Morgan fingerprint density at radius 2 is 2.35 bits per heavy atom. The van der Waals surface area contributed by atoms with Gasteiger partial charge < -0.3 is 10.2 Å². The number of carbonyl (C=O) groups excluding carboxylic acids is 2. The normalized spacial score (nSPS) is 17.9. The van der Waals surface area contributed by atoms with Gasteiger partial charge in [0.15, 0.2) is 0 Å². The minimum atomic E-state index is -0.405. The molecule has 1 aliphatic rings. The van der Waals surface area contributed by atoms with Gasteiger partial charge in [-0.05, 0) is 24.4 Å². The highest BCUT2D eigenvalue weighted by molar-refractivity contribution is 7.09. The quantitative estimate of drug-likeness (QED) is 0.752. The van der Waals surface area contributed by atoms with Gasteiger partial charge in [0.2, 0.25) is 11.8 Å². The van der Waals surface area contributed by atoms with Crippen LogP contribution in [0.25, 0.3) is 0 Å². The molecule has 8 heteroatoms. The molecule has 2 amide bonds. The molecule has 3 heterocycles. The third kappa shape index (κ3) is 4.70. The maximum absolute atomic E-state index is 12.8. The van der Waals surface area contributed by atoms with Crippen LogP contribution in [0.5, 0.6) is 0 Å². The van der Waals surface area contributed by atoms with Gasteiger partial charge in [-0.1, -0.05) is 6.07 Å². The van der Waals surface area contributed by atoms with E-state index < -0.39 is 6.04 Å². The molecule has 1 unspecified atom stereocenters. The third-order valence-corrected chi connectivity index (χ3v) is 5.50. The number of nitrogens with zero attached hydrogens (tertiary/aromatic N) is 4. The Hall–Kier alpha value is -2.19. The first kappa shape index (κ1) is 18.6. The molecule has 1 aliphatic heterocycles. The maximum atomic E-state index is 12.8. The molecule has 0 radical (unpaired) electrons. The Morgan fingerprint density at radius 3 is 3.04 bits per heavy atom. The number of rotatable bonds is 8. The molecule has 2 aromatic rings. The van der Waals surface area contributed by atoms with E-state index in [1.165, 1.54) is 4.88 Å². The molecule has 1 saturated heterocycles. The van der Waals surface area contributed by atoms with Gasteiger partial charge in [0.05, 0.1) is 19.0 Å². The molecular weight excluding hydrogens is 350 g/mol. The molecule has 1 fully saturated rings. The molecule has 0 aliphatic carbocycles. The summed E-state index contributed by atoms with van der Waals surface area (Å²) in [4.78, 5) is 30.3. The molecule has 1 atom stereocenters. The zero-order valence-electron chi connectivity index (χ0n) is 15.0. The minimum absolute atomic E-state index is 0.0119. The summed E-state index contributed by atoms with van der Waals surface area (Å²) >= 11 is 1.68. The largest absolute Gasteiger partial charge is 0.353 e. The van der Waals surface area contributed by atoms with Gasteiger partial charge in [-0.3, -0.25) is 19.2 Å². The molecule has 2 aromatic heterocycles. The number of aromatic nitrogens is 2. The molecule has 26 heavy (non-hydrogen) atoms. The van der Waals surface area contributed by atoms with Crippen molar-refractivity contribution >= 4 is 23.2 Å². The van der Waals surface area contributed by atoms with Crippen molar-refractivity contribution in [3.63, 3.8) is 0 Å². The van der Waals surface area contributed by atoms with Crippen molar-refractivity contribution in [1.82, 2.24) is 24.9 Å². The number of hydrogen-bond donors (Lipinski definition) is 1. The van der Waals surface area contributed by atoms with E-state index in [-0.39, 0.29) is 18.2 Å². The minimum Gasteiger partial charge on any atom is -0.353 e. The summed E-state index contributed by atoms with van der Waals surface area (Å²) in [7, 11) is 0. The zero-order chi connectivity index (χ0) is 18.4. The Balaban J connectivity index is 1.60. The second-order valence-corrected chi connectivity index (χ2v) is 7.34. The summed E-state index contributed by atoms with van der Waals surface area (Å²) in [5, 5.41) is 9.10. The summed E-state index contributed by atoms with van der Waals surface area (Å²) < 4.78 is 1.81. The van der Waals surface area contributed by atoms with Gasteiger partial charge in [-0.15, -0.1) is 11.3 Å². The van der Waals surface area contributed by atoms with E-state index in [0.29, 0.717) is 32.7 Å². The SMILES string of the molecule is CCN(CCn1cccn1)C(=O)CC1C(=O)NCCN1Cc1cccs1. The summed E-state index contributed by atoms with van der Waals surface area (Å²) in [5.74, 6) is -0.0397. The second-order valence-electron chi connectivity index (χ2n) is 6.30. The molecule has 3 rings (SSSR count). The first-order chi connectivity index (χ1) is 12.7. The van der Waals surface area contributed by atoms with E-state index in [1.807, 2.05) is 35.3 Å². The van der Waals surface area contributed by atoms with Crippen LogP contribution >= 0.6 is 11.3 Å². The maximum Gasteiger partial charge on any atom is 0.237 e. The highest BCUT2D eigenvalue weighted by atomic mass is 32.1. The van der Waals surface area contributed by atoms with E-state index in [0.717, 1.165) is 6.54 Å². The number of thiophene rings is 1. The standard InChI is InChI=1S/C18H25N5O2S/c1-2-21(10-11-23-8-4-6-20-23)17(24)13-16-18(25)19-7-9-22(16)14-15-5-3-12-26-15/h3-6,8,12,16H,2,7,9-11,13-14H2,1H3,(H,19,25). The number of piperazine rings is 1. The number of hydrogen-bond acceptors (Lipinski definition) is 5. The Labute approximate surface area is 157 Å². The van der Waals surface area contributed by atoms with Crippen LogP contribution in [0.15, 0.2) is 36.0 Å². The summed E-state index contributed by atoms with van der Waals surface area (Å²) in [6.07, 6.45) is 3.83. The lowest BCUT2D eigenvalue weighted by Gasteiger charge is -2.35. The van der Waals surface area contributed by atoms with E-state index in [4.69, 9.17) is 0 Å². The van der Waals surface area contributed by atoms with E-state index in [9.17, 15) is 9.59 Å². The van der Waals surface area contributed by atoms with Gasteiger partial charge in [-0.2, -0.15) is 5.10 Å². The smallest absolute Gasteiger partial charge is 0.237 e. The summed E-state index contributed by atoms with van der Waals surface area (Å²) in [6, 6.07) is 5.54. The lowest BCUT2D eigenvalue weighted by atomic mass is 10.1. The predicted molar refractivity (Wildman–Crippen MR) is 101 cm³/mol. The monoisotopic (exact) mass is 375 g/mol. The molecule has 0 saturated carbocycles. The van der Waals surface area contributed by atoms with Crippen molar-refractivity contribution < 1.29 is 9.59 Å². The number of nitrogens with one attached hydrogen (secondary N) is 1. The third-order valence-electron chi connectivity index (χ3n) is 4.64. The van der Waals surface area contributed by atoms with Crippen LogP contribution in [-0.2, 0) is 22.7 Å². The molecule has 1 N–H and O–H groups in total. The van der Waals surface area contributed by atoms with E-state index in [1.54, 1.807) is 22.4 Å². The van der Waals surface area contributed by atoms with Crippen molar-refractivity contribution in [2.24, 2.45) is 0 Å². The van der Waals surface area contributed by atoms with Crippen LogP contribution in [0.4, 0.5) is 0 Å². The van der Waals surface area contributed by atoms with Crippen molar-refractivity contribution in [3.05, 3.63) is 40.8 Å². The van der Waals surface area contributed by atoms with Crippen molar-refractivity contribution in [2.75, 3.05) is 26.2 Å². The van der Waals surface area contributed by atoms with Crippen LogP contribution < -0.4 is 5.32 Å². The molecule has 7 nitrogen and oxygen atoms in total. The highest BCUT2D eigenvalue weighted by Gasteiger charge is 2.32. The van der Waals surface area contributed by atoms with Gasteiger partial charge in [0, 0.05) is 50.0 Å². The van der Waals surface area contributed by atoms with Crippen molar-refractivity contribution in [2.45, 2.75) is 32.5 Å². The average molecular weight is 375 g/mol. The van der Waals surface area contributed by atoms with Gasteiger partial charge in [0.25, 0.3) is 0 Å². The van der Waals surface area contributed by atoms with Crippen LogP contribution in [-0.4, -0.2) is 63.6 Å². The number of amides is 2. The first-order valence-corrected chi connectivity index (χ1v) is 9.84. The van der Waals surface area contributed by atoms with Crippen LogP contribution in [0.2, 0.25) is 0 Å². The van der Waals surface area contributed by atoms with Crippen molar-refractivity contribution in [3.8, 4) is 0 Å². The van der Waals surface area contributed by atoms with E-state index >= 15 is 0 Å². The Morgan fingerprint density at radius 1 is 1.46 bits per heavy atom. The van der Waals surface area contributed by atoms with Gasteiger partial charge in [-0.25, -0.2) is 0 Å². The predicted octanol–water partition coefficient (Wildman–Crippen LogP) is 1.18. The fraction of sp³-hybridized carbons (Fsp3) is 0.500. The van der Waals surface area contributed by atoms with Crippen LogP contribution in [0, 0.1) is 0 Å². The molecular formula is C18H25N5O2S. The molecule has 0 bridgehead atoms. The summed E-state index contributed by atoms with van der Waals surface area (Å²) in [5.41, 5.74) is 0.